The third-order valence-corrected chi connectivity index (χ3v) is 4.12. The van der Waals surface area contributed by atoms with Crippen LogP contribution in [0.4, 0.5) is 0 Å². The average molecular weight is 245 g/mol. The molecular weight excluding hydrogens is 218 g/mol. The summed E-state index contributed by atoms with van der Waals surface area (Å²) in [6, 6.07) is 11.7. The van der Waals surface area contributed by atoms with Crippen molar-refractivity contribution in [1.82, 2.24) is 5.32 Å². The molecule has 1 saturated carbocycles. The van der Waals surface area contributed by atoms with E-state index in [-0.39, 0.29) is 0 Å². The lowest BCUT2D eigenvalue weighted by Crippen LogP contribution is -2.30. The van der Waals surface area contributed by atoms with Crippen LogP contribution in [0.15, 0.2) is 30.3 Å². The van der Waals surface area contributed by atoms with Crippen LogP contribution in [0, 0.1) is 11.8 Å². The molecule has 0 saturated heterocycles. The molecular formula is C17H27N. The van der Waals surface area contributed by atoms with E-state index in [1.165, 1.54) is 25.8 Å². The van der Waals surface area contributed by atoms with E-state index in [0.717, 1.165) is 17.8 Å². The third kappa shape index (κ3) is 3.58. The van der Waals surface area contributed by atoms with E-state index in [1.54, 1.807) is 5.56 Å². The number of hydrogen-bond donors (Lipinski definition) is 1. The zero-order chi connectivity index (χ0) is 13.0. The maximum atomic E-state index is 3.62. The van der Waals surface area contributed by atoms with Crippen LogP contribution in [0.25, 0.3) is 0 Å². The molecule has 3 atom stereocenters. The molecule has 0 heterocycles. The highest BCUT2D eigenvalue weighted by Crippen LogP contribution is 2.52. The highest BCUT2D eigenvalue weighted by Gasteiger charge is 2.42. The molecule has 1 nitrogen and oxygen atoms in total. The standard InChI is InChI=1S/C17H27N/c1-4-8-15(12-18-13(2)3)17-11-16(17)14-9-6-5-7-10-14/h5-7,9-10,13,15-18H,4,8,11-12H2,1-3H3. The monoisotopic (exact) mass is 245 g/mol. The number of nitrogens with one attached hydrogen (secondary N) is 1. The van der Waals surface area contributed by atoms with Crippen molar-refractivity contribution < 1.29 is 0 Å². The highest BCUT2D eigenvalue weighted by atomic mass is 14.9. The molecule has 0 radical (unpaired) electrons. The summed E-state index contributed by atoms with van der Waals surface area (Å²) >= 11 is 0. The molecule has 100 valence electrons. The Morgan fingerprint density at radius 1 is 1.22 bits per heavy atom. The lowest BCUT2D eigenvalue weighted by molar-refractivity contribution is 0.374. The van der Waals surface area contributed by atoms with Gasteiger partial charge in [0.25, 0.3) is 0 Å². The first-order valence-electron chi connectivity index (χ1n) is 7.50. The smallest absolute Gasteiger partial charge is 0.00104 e. The van der Waals surface area contributed by atoms with E-state index in [9.17, 15) is 0 Å². The number of hydrogen-bond acceptors (Lipinski definition) is 1. The molecule has 0 aromatic heterocycles. The summed E-state index contributed by atoms with van der Waals surface area (Å²) in [4.78, 5) is 0. The minimum Gasteiger partial charge on any atom is -0.314 e. The number of rotatable bonds is 7. The Kier molecular flexibility index (Phi) is 4.82. The summed E-state index contributed by atoms with van der Waals surface area (Å²) < 4.78 is 0. The van der Waals surface area contributed by atoms with Crippen molar-refractivity contribution >= 4 is 0 Å². The van der Waals surface area contributed by atoms with Crippen LogP contribution in [-0.2, 0) is 0 Å². The fourth-order valence-electron chi connectivity index (χ4n) is 3.04. The van der Waals surface area contributed by atoms with Crippen molar-refractivity contribution in [3.63, 3.8) is 0 Å². The maximum absolute atomic E-state index is 3.62. The van der Waals surface area contributed by atoms with E-state index in [2.05, 4.69) is 56.4 Å². The van der Waals surface area contributed by atoms with E-state index in [4.69, 9.17) is 0 Å². The first-order valence-corrected chi connectivity index (χ1v) is 7.50. The molecule has 1 aromatic rings. The van der Waals surface area contributed by atoms with Gasteiger partial charge in [-0.3, -0.25) is 0 Å². The first kappa shape index (κ1) is 13.6. The Morgan fingerprint density at radius 3 is 2.56 bits per heavy atom. The minimum atomic E-state index is 0.610. The molecule has 0 spiro atoms. The van der Waals surface area contributed by atoms with Gasteiger partial charge in [0.1, 0.15) is 0 Å². The lowest BCUT2D eigenvalue weighted by atomic mass is 9.94. The molecule has 1 aliphatic carbocycles. The van der Waals surface area contributed by atoms with Gasteiger partial charge < -0.3 is 5.32 Å². The van der Waals surface area contributed by atoms with Crippen LogP contribution in [0.5, 0.6) is 0 Å². The van der Waals surface area contributed by atoms with Crippen LogP contribution in [0.2, 0.25) is 0 Å². The van der Waals surface area contributed by atoms with Crippen LogP contribution in [0.1, 0.15) is 51.5 Å². The van der Waals surface area contributed by atoms with Gasteiger partial charge in [0, 0.05) is 6.04 Å². The Labute approximate surface area is 112 Å². The largest absolute Gasteiger partial charge is 0.314 e. The highest BCUT2D eigenvalue weighted by molar-refractivity contribution is 5.26. The van der Waals surface area contributed by atoms with Crippen molar-refractivity contribution in [1.29, 1.82) is 0 Å². The van der Waals surface area contributed by atoms with Crippen LogP contribution in [-0.4, -0.2) is 12.6 Å². The molecule has 2 rings (SSSR count). The molecule has 1 aliphatic rings. The van der Waals surface area contributed by atoms with E-state index < -0.39 is 0 Å². The average Bonchev–Trinajstić information content (AvgIpc) is 3.15. The van der Waals surface area contributed by atoms with Gasteiger partial charge in [-0.05, 0) is 42.7 Å². The van der Waals surface area contributed by atoms with Crippen LogP contribution < -0.4 is 5.32 Å². The fourth-order valence-corrected chi connectivity index (χ4v) is 3.04. The van der Waals surface area contributed by atoms with Gasteiger partial charge in [-0.2, -0.15) is 0 Å². The molecule has 0 aliphatic heterocycles. The summed E-state index contributed by atoms with van der Waals surface area (Å²) in [5, 5.41) is 3.62. The van der Waals surface area contributed by atoms with E-state index in [1.807, 2.05) is 0 Å². The van der Waals surface area contributed by atoms with Crippen molar-refractivity contribution in [2.45, 2.75) is 52.0 Å². The first-order chi connectivity index (χ1) is 8.72. The minimum absolute atomic E-state index is 0.610. The summed E-state index contributed by atoms with van der Waals surface area (Å²) in [6.45, 7) is 7.98. The normalized spacial score (nSPS) is 24.2. The van der Waals surface area contributed by atoms with Crippen LogP contribution in [0.3, 0.4) is 0 Å². The molecule has 1 fully saturated rings. The molecule has 0 amide bonds. The number of benzene rings is 1. The van der Waals surface area contributed by atoms with Crippen molar-refractivity contribution in [2.75, 3.05) is 6.54 Å². The van der Waals surface area contributed by atoms with Gasteiger partial charge in [-0.25, -0.2) is 0 Å². The summed E-state index contributed by atoms with van der Waals surface area (Å²) in [5.74, 6) is 2.61. The predicted molar refractivity (Wildman–Crippen MR) is 78.8 cm³/mol. The van der Waals surface area contributed by atoms with Gasteiger partial charge in [0.05, 0.1) is 0 Å². The van der Waals surface area contributed by atoms with E-state index >= 15 is 0 Å². The summed E-state index contributed by atoms with van der Waals surface area (Å²) in [5.41, 5.74) is 1.55. The zero-order valence-electron chi connectivity index (χ0n) is 12.0. The van der Waals surface area contributed by atoms with Crippen LogP contribution >= 0.6 is 0 Å². The summed E-state index contributed by atoms with van der Waals surface area (Å²) in [6.07, 6.45) is 4.07. The SMILES string of the molecule is CCCC(CNC(C)C)C1CC1c1ccccc1. The molecule has 0 bridgehead atoms. The second-order valence-corrected chi connectivity index (χ2v) is 6.03. The Morgan fingerprint density at radius 2 is 1.94 bits per heavy atom. The van der Waals surface area contributed by atoms with Crippen molar-refractivity contribution in [2.24, 2.45) is 11.8 Å². The summed E-state index contributed by atoms with van der Waals surface area (Å²) in [7, 11) is 0. The van der Waals surface area contributed by atoms with Crippen molar-refractivity contribution in [3.8, 4) is 0 Å². The molecule has 1 N–H and O–H groups in total. The molecule has 3 unspecified atom stereocenters. The lowest BCUT2D eigenvalue weighted by Gasteiger charge is -2.19. The van der Waals surface area contributed by atoms with Gasteiger partial charge in [0.15, 0.2) is 0 Å². The van der Waals surface area contributed by atoms with Gasteiger partial charge in [-0.15, -0.1) is 0 Å². The molecule has 18 heavy (non-hydrogen) atoms. The van der Waals surface area contributed by atoms with Crippen molar-refractivity contribution in [3.05, 3.63) is 35.9 Å². The van der Waals surface area contributed by atoms with E-state index in [0.29, 0.717) is 6.04 Å². The second kappa shape index (κ2) is 6.38. The fraction of sp³-hybridized carbons (Fsp3) is 0.647. The quantitative estimate of drug-likeness (QED) is 0.759. The Hall–Kier alpha value is -0.820. The topological polar surface area (TPSA) is 12.0 Å². The predicted octanol–water partition coefficient (Wildman–Crippen LogP) is 4.20. The molecule has 1 aromatic carbocycles. The Bertz CT molecular complexity index is 344. The Balaban J connectivity index is 1.89. The maximum Gasteiger partial charge on any atom is 0.00104 e. The second-order valence-electron chi connectivity index (χ2n) is 6.03. The van der Waals surface area contributed by atoms with Gasteiger partial charge in [0.2, 0.25) is 0 Å². The van der Waals surface area contributed by atoms with Gasteiger partial charge >= 0.3 is 0 Å². The third-order valence-electron chi connectivity index (χ3n) is 4.12. The zero-order valence-corrected chi connectivity index (χ0v) is 12.0. The molecule has 1 heteroatoms. The van der Waals surface area contributed by atoms with Gasteiger partial charge in [-0.1, -0.05) is 57.5 Å².